The zero-order chi connectivity index (χ0) is 56.1. The molecule has 0 aromatic heterocycles. The molecule has 0 unspecified atom stereocenters. The molecule has 2 aliphatic rings. The van der Waals surface area contributed by atoms with Crippen LogP contribution in [0.5, 0.6) is 0 Å². The fourth-order valence-corrected chi connectivity index (χ4v) is 13.8. The van der Waals surface area contributed by atoms with Crippen molar-refractivity contribution in [1.82, 2.24) is 0 Å². The van der Waals surface area contributed by atoms with E-state index < -0.39 is 5.41 Å². The van der Waals surface area contributed by atoms with Gasteiger partial charge in [0.2, 0.25) is 0 Å². The molecule has 0 N–H and O–H groups in total. The number of nitrogens with zero attached hydrogens (tertiary/aromatic N) is 2. The second kappa shape index (κ2) is 20.9. The van der Waals surface area contributed by atoms with Gasteiger partial charge in [0.15, 0.2) is 0 Å². The van der Waals surface area contributed by atoms with Gasteiger partial charge in [-0.15, -0.1) is 0 Å². The molecule has 0 radical (unpaired) electrons. The third-order valence-electron chi connectivity index (χ3n) is 17.3. The highest BCUT2D eigenvalue weighted by atomic mass is 15.1. The number of fused-ring (bicyclic) bond motifs is 14. The lowest BCUT2D eigenvalue weighted by molar-refractivity contribution is 0.809. The molecule has 2 heteroatoms. The quantitative estimate of drug-likeness (QED) is 0.113. The summed E-state index contributed by atoms with van der Waals surface area (Å²) in [7, 11) is 0. The summed E-state index contributed by atoms with van der Waals surface area (Å²) in [6.45, 7) is 6.12. The molecule has 13 aromatic carbocycles. The molecule has 0 heterocycles. The molecule has 1 spiro atoms. The Bertz CT molecular complexity index is 4690. The van der Waals surface area contributed by atoms with Crippen LogP contribution in [0.4, 0.5) is 34.1 Å². The molecule has 0 saturated heterocycles. The van der Waals surface area contributed by atoms with Crippen LogP contribution in [-0.4, -0.2) is 0 Å². The van der Waals surface area contributed by atoms with E-state index in [4.69, 9.17) is 0 Å². The molecule has 0 aliphatic heterocycles. The van der Waals surface area contributed by atoms with Gasteiger partial charge >= 0.3 is 0 Å². The smallest absolute Gasteiger partial charge is 0.0737 e. The molecule has 0 bridgehead atoms. The van der Waals surface area contributed by atoms with Crippen molar-refractivity contribution in [3.8, 4) is 55.6 Å². The van der Waals surface area contributed by atoms with Crippen LogP contribution in [0.25, 0.3) is 82.8 Å². The highest BCUT2D eigenvalue weighted by molar-refractivity contribution is 6.10. The second-order valence-electron chi connectivity index (χ2n) is 21.9. The maximum atomic E-state index is 4.06. The van der Waals surface area contributed by atoms with Gasteiger partial charge in [0, 0.05) is 33.9 Å². The molecule has 396 valence electrons. The Kier molecular flexibility index (Phi) is 12.5. The minimum Gasteiger partial charge on any atom is -0.310 e. The molecular formula is C82H58N2. The summed E-state index contributed by atoms with van der Waals surface area (Å²) in [5, 5.41) is 4.85. The maximum Gasteiger partial charge on any atom is 0.0737 e. The molecule has 2 aliphatic carbocycles. The molecule has 15 rings (SSSR count). The lowest BCUT2D eigenvalue weighted by Crippen LogP contribution is -2.26. The van der Waals surface area contributed by atoms with Crippen molar-refractivity contribution in [2.75, 3.05) is 9.80 Å². The largest absolute Gasteiger partial charge is 0.310 e. The lowest BCUT2D eigenvalue weighted by atomic mass is 9.68. The predicted octanol–water partition coefficient (Wildman–Crippen LogP) is 22.4. The van der Waals surface area contributed by atoms with Gasteiger partial charge in [0.1, 0.15) is 0 Å². The molecule has 13 aromatic rings. The molecule has 0 amide bonds. The van der Waals surface area contributed by atoms with E-state index in [1.165, 1.54) is 77.2 Å². The van der Waals surface area contributed by atoms with Crippen molar-refractivity contribution in [2.24, 2.45) is 0 Å². The Balaban J connectivity index is 0.937. The van der Waals surface area contributed by atoms with E-state index in [9.17, 15) is 0 Å². The van der Waals surface area contributed by atoms with Crippen LogP contribution in [0.1, 0.15) is 34.7 Å². The van der Waals surface area contributed by atoms with Gasteiger partial charge in [-0.25, -0.2) is 0 Å². The average molecular weight is 1070 g/mol. The summed E-state index contributed by atoms with van der Waals surface area (Å²) in [6.07, 6.45) is 8.20. The van der Waals surface area contributed by atoms with E-state index in [2.05, 4.69) is 339 Å². The third-order valence-corrected chi connectivity index (χ3v) is 17.3. The Morgan fingerprint density at radius 3 is 1.27 bits per heavy atom. The fraction of sp³-hybridized carbons (Fsp3) is 0.0244. The van der Waals surface area contributed by atoms with Crippen molar-refractivity contribution in [2.45, 2.75) is 12.3 Å². The summed E-state index contributed by atoms with van der Waals surface area (Å²) in [5.74, 6) is 0. The van der Waals surface area contributed by atoms with Gasteiger partial charge in [0.25, 0.3) is 0 Å². The van der Waals surface area contributed by atoms with E-state index >= 15 is 0 Å². The highest BCUT2D eigenvalue weighted by Gasteiger charge is 2.53. The van der Waals surface area contributed by atoms with Crippen LogP contribution in [-0.2, 0) is 5.41 Å². The first-order valence-electron chi connectivity index (χ1n) is 29.1. The average Bonchev–Trinajstić information content (AvgIpc) is 1.55. The van der Waals surface area contributed by atoms with Crippen molar-refractivity contribution in [3.05, 3.63) is 356 Å². The predicted molar refractivity (Wildman–Crippen MR) is 356 cm³/mol. The van der Waals surface area contributed by atoms with Gasteiger partial charge in [-0.3, -0.25) is 0 Å². The molecule has 0 atom stereocenters. The van der Waals surface area contributed by atoms with Gasteiger partial charge in [0.05, 0.1) is 16.8 Å². The van der Waals surface area contributed by atoms with Crippen LogP contribution in [0, 0.1) is 0 Å². The van der Waals surface area contributed by atoms with Crippen LogP contribution in [0.15, 0.2) is 328 Å². The van der Waals surface area contributed by atoms with Crippen LogP contribution < -0.4 is 9.80 Å². The topological polar surface area (TPSA) is 6.48 Å². The fourth-order valence-electron chi connectivity index (χ4n) is 13.8. The number of anilines is 6. The monoisotopic (exact) mass is 1070 g/mol. The van der Waals surface area contributed by atoms with Crippen LogP contribution >= 0.6 is 0 Å². The maximum absolute atomic E-state index is 4.06. The van der Waals surface area contributed by atoms with Crippen molar-refractivity contribution < 1.29 is 0 Å². The van der Waals surface area contributed by atoms with E-state index in [1.54, 1.807) is 0 Å². The summed E-state index contributed by atoms with van der Waals surface area (Å²) in [5.41, 5.74) is 25.5. The Morgan fingerprint density at radius 2 is 0.786 bits per heavy atom. The van der Waals surface area contributed by atoms with Crippen molar-refractivity contribution >= 4 is 61.2 Å². The first-order chi connectivity index (χ1) is 41.6. The Hall–Kier alpha value is -10.8. The number of hydrogen-bond acceptors (Lipinski definition) is 2. The summed E-state index contributed by atoms with van der Waals surface area (Å²) >= 11 is 0. The van der Waals surface area contributed by atoms with E-state index in [-0.39, 0.29) is 0 Å². The highest BCUT2D eigenvalue weighted by Crippen LogP contribution is 2.66. The minimum atomic E-state index is -0.619. The number of hydrogen-bond donors (Lipinski definition) is 0. The van der Waals surface area contributed by atoms with Crippen LogP contribution in [0.2, 0.25) is 0 Å². The molecular weight excluding hydrogens is 1010 g/mol. The van der Waals surface area contributed by atoms with E-state index in [0.29, 0.717) is 0 Å². The second-order valence-corrected chi connectivity index (χ2v) is 21.9. The SMILES string of the molecule is C=C/C=C(\C=C/C)c1ccc(N(c2ccccc2)c2ccc3c4c(ccc3c2)-c2ccc3cc(N(c5ccccc5)c5ccc(-c6ccccc6)cc5-c5ccccc5)ccc3c2C42c3ccccc3-c3ccccc32)c(-c2ccccc2)c1. The van der Waals surface area contributed by atoms with Crippen molar-refractivity contribution in [1.29, 1.82) is 0 Å². The van der Waals surface area contributed by atoms with Crippen LogP contribution in [0.3, 0.4) is 0 Å². The first kappa shape index (κ1) is 50.2. The molecule has 84 heavy (non-hydrogen) atoms. The van der Waals surface area contributed by atoms with Gasteiger partial charge < -0.3 is 9.80 Å². The summed E-state index contributed by atoms with van der Waals surface area (Å²) in [4.78, 5) is 4.87. The molecule has 0 fully saturated rings. The van der Waals surface area contributed by atoms with E-state index in [1.807, 2.05) is 6.08 Å². The summed E-state index contributed by atoms with van der Waals surface area (Å²) < 4.78 is 0. The number of para-hydroxylation sites is 2. The Labute approximate surface area is 492 Å². The number of allylic oxidation sites excluding steroid dienone is 5. The normalized spacial score (nSPS) is 12.8. The van der Waals surface area contributed by atoms with Gasteiger partial charge in [-0.1, -0.05) is 255 Å². The van der Waals surface area contributed by atoms with Gasteiger partial charge in [-0.2, -0.15) is 0 Å². The van der Waals surface area contributed by atoms with E-state index in [0.717, 1.165) is 67.5 Å². The minimum absolute atomic E-state index is 0.619. The zero-order valence-electron chi connectivity index (χ0n) is 46.7. The number of benzene rings is 13. The third kappa shape index (κ3) is 8.17. The standard InChI is InChI=1S/C82H58N2/c1-3-24-56(25-4-2)60-42-50-78(74(54-60)58-28-12-6-13-29-58)83(64-32-16-8-17-33-64)66-44-48-68-62(52-66)40-46-72-73-47-41-63-53-67(45-49-69(63)81(73)82(80(68)72)76-38-22-20-36-70(76)71-37-21-23-39-77(71)82)84(65-34-18-9-19-35-65)79-51-43-61(57-26-10-5-11-27-57)55-75(79)59-30-14-7-15-31-59/h3-55H,1H2,2H3/b25-4-,56-24+. The molecule has 0 saturated carbocycles. The summed E-state index contributed by atoms with van der Waals surface area (Å²) in [6, 6.07) is 110. The number of rotatable bonds is 12. The molecule has 2 nitrogen and oxygen atoms in total. The van der Waals surface area contributed by atoms with Gasteiger partial charge in [-0.05, 0) is 179 Å². The lowest BCUT2D eigenvalue weighted by Gasteiger charge is -2.33. The van der Waals surface area contributed by atoms with Crippen molar-refractivity contribution in [3.63, 3.8) is 0 Å². The zero-order valence-corrected chi connectivity index (χ0v) is 46.7. The first-order valence-corrected chi connectivity index (χ1v) is 29.1. The Morgan fingerprint density at radius 1 is 0.345 bits per heavy atom.